The third-order valence-corrected chi connectivity index (χ3v) is 7.49. The zero-order valence-electron chi connectivity index (χ0n) is 17.5. The van der Waals surface area contributed by atoms with E-state index in [1.807, 2.05) is 0 Å². The zero-order valence-corrected chi connectivity index (χ0v) is 19.1. The maximum atomic E-state index is 12.8. The second-order valence-electron chi connectivity index (χ2n) is 9.16. The number of thioether (sulfide) groups is 1. The van der Waals surface area contributed by atoms with E-state index in [0.29, 0.717) is 28.9 Å². The van der Waals surface area contributed by atoms with E-state index < -0.39 is 0 Å². The Morgan fingerprint density at radius 2 is 1.97 bits per heavy atom. The molecular weight excluding hydrogens is 418 g/mol. The zero-order chi connectivity index (χ0) is 21.5. The van der Waals surface area contributed by atoms with Crippen LogP contribution in [0.15, 0.2) is 44.7 Å². The van der Waals surface area contributed by atoms with Gasteiger partial charge in [0.2, 0.25) is 5.91 Å². The molecule has 158 valence electrons. The molecule has 1 aromatic carbocycles. The molecule has 2 amide bonds. The predicted octanol–water partition coefficient (Wildman–Crippen LogP) is 5.86. The number of aliphatic imine (C=N–C) groups is 2. The monoisotopic (exact) mass is 443 g/mol. The Morgan fingerprint density at radius 3 is 2.67 bits per heavy atom. The first-order valence-electron chi connectivity index (χ1n) is 10.4. The van der Waals surface area contributed by atoms with E-state index in [0.717, 1.165) is 24.3 Å². The highest BCUT2D eigenvalue weighted by Gasteiger charge is 2.43. The molecule has 0 saturated carbocycles. The Morgan fingerprint density at radius 1 is 1.23 bits per heavy atom. The number of fused-ring (bicyclic) bond motifs is 2. The molecule has 0 spiro atoms. The minimum absolute atomic E-state index is 0.125. The van der Waals surface area contributed by atoms with Gasteiger partial charge < -0.3 is 5.32 Å². The third kappa shape index (κ3) is 4.54. The maximum Gasteiger partial charge on any atom is 0.261 e. The molecule has 5 nitrogen and oxygen atoms in total. The topological polar surface area (TPSA) is 70.9 Å². The molecule has 1 aromatic rings. The van der Waals surface area contributed by atoms with Crippen molar-refractivity contribution in [3.8, 4) is 0 Å². The molecule has 0 radical (unpaired) electrons. The number of halogens is 1. The summed E-state index contributed by atoms with van der Waals surface area (Å²) in [4.78, 5) is 35.2. The van der Waals surface area contributed by atoms with Gasteiger partial charge in [0.15, 0.2) is 0 Å². The summed E-state index contributed by atoms with van der Waals surface area (Å²) in [5, 5.41) is 4.29. The van der Waals surface area contributed by atoms with E-state index in [9.17, 15) is 9.59 Å². The van der Waals surface area contributed by atoms with Gasteiger partial charge in [0.1, 0.15) is 11.8 Å². The fourth-order valence-corrected chi connectivity index (χ4v) is 5.72. The minimum atomic E-state index is -0.280. The summed E-state index contributed by atoms with van der Waals surface area (Å²) in [6, 6.07) is 6.96. The summed E-state index contributed by atoms with van der Waals surface area (Å²) in [6.45, 7) is 6.86. The normalized spacial score (nSPS) is 23.5. The number of hydrogen-bond acceptors (Lipinski definition) is 4. The van der Waals surface area contributed by atoms with Crippen molar-refractivity contribution in [3.05, 3.63) is 39.8 Å². The lowest BCUT2D eigenvalue weighted by molar-refractivity contribution is -0.119. The van der Waals surface area contributed by atoms with Gasteiger partial charge in [-0.05, 0) is 65.3 Å². The van der Waals surface area contributed by atoms with E-state index in [1.54, 1.807) is 36.0 Å². The van der Waals surface area contributed by atoms with Crippen molar-refractivity contribution in [2.45, 2.75) is 52.9 Å². The van der Waals surface area contributed by atoms with Crippen molar-refractivity contribution >= 4 is 51.7 Å². The average Bonchev–Trinajstić information content (AvgIpc) is 3.05. The molecule has 0 fully saturated rings. The third-order valence-electron chi connectivity index (χ3n) is 6.03. The first-order chi connectivity index (χ1) is 14.2. The summed E-state index contributed by atoms with van der Waals surface area (Å²) in [5.74, 6) is 0.533. The van der Waals surface area contributed by atoms with Crippen molar-refractivity contribution in [2.75, 3.05) is 5.32 Å². The Balaban J connectivity index is 1.38. The first kappa shape index (κ1) is 21.3. The largest absolute Gasteiger partial charge is 0.326 e. The lowest BCUT2D eigenvalue weighted by Crippen LogP contribution is -2.28. The van der Waals surface area contributed by atoms with Crippen molar-refractivity contribution < 1.29 is 9.59 Å². The molecule has 1 aliphatic carbocycles. The van der Waals surface area contributed by atoms with Crippen LogP contribution in [0.3, 0.4) is 0 Å². The Labute approximate surface area is 186 Å². The number of benzene rings is 1. The number of nitrogens with zero attached hydrogens (tertiary/aromatic N) is 2. The van der Waals surface area contributed by atoms with Crippen molar-refractivity contribution in [1.82, 2.24) is 0 Å². The number of amidine groups is 1. The molecule has 7 heteroatoms. The van der Waals surface area contributed by atoms with Crippen LogP contribution >= 0.6 is 23.4 Å². The quantitative estimate of drug-likeness (QED) is 0.633. The Hall–Kier alpha value is -1.92. The SMILES string of the molecule is CC(C)(C)C1CCC2=C(C1)SC1=NC(CCC(=O)Nc3ccc(Cl)cc3)=NC(=O)C12. The summed E-state index contributed by atoms with van der Waals surface area (Å²) < 4.78 is 0. The number of rotatable bonds is 4. The molecule has 1 N–H and O–H groups in total. The number of hydrogen-bond donors (Lipinski definition) is 1. The summed E-state index contributed by atoms with van der Waals surface area (Å²) >= 11 is 7.52. The van der Waals surface area contributed by atoms with Crippen molar-refractivity contribution in [3.63, 3.8) is 0 Å². The van der Waals surface area contributed by atoms with Crippen LogP contribution in [0.1, 0.15) is 52.9 Å². The molecule has 0 aromatic heterocycles. The number of amides is 2. The maximum absolute atomic E-state index is 12.8. The molecule has 4 rings (SSSR count). The van der Waals surface area contributed by atoms with Crippen LogP contribution in [0.25, 0.3) is 0 Å². The molecule has 30 heavy (non-hydrogen) atoms. The molecule has 2 atom stereocenters. The molecule has 3 aliphatic rings. The number of nitrogens with one attached hydrogen (secondary N) is 1. The minimum Gasteiger partial charge on any atom is -0.326 e. The van der Waals surface area contributed by atoms with E-state index in [-0.39, 0.29) is 29.6 Å². The van der Waals surface area contributed by atoms with Crippen LogP contribution in [-0.2, 0) is 9.59 Å². The average molecular weight is 444 g/mol. The van der Waals surface area contributed by atoms with E-state index in [4.69, 9.17) is 11.6 Å². The van der Waals surface area contributed by atoms with Gasteiger partial charge in [0.05, 0.1) is 5.04 Å². The van der Waals surface area contributed by atoms with E-state index in [2.05, 4.69) is 36.1 Å². The van der Waals surface area contributed by atoms with Crippen molar-refractivity contribution in [2.24, 2.45) is 27.2 Å². The predicted molar refractivity (Wildman–Crippen MR) is 124 cm³/mol. The van der Waals surface area contributed by atoms with Gasteiger partial charge in [-0.15, -0.1) is 0 Å². The lowest BCUT2D eigenvalue weighted by Gasteiger charge is -2.34. The van der Waals surface area contributed by atoms with Gasteiger partial charge >= 0.3 is 0 Å². The van der Waals surface area contributed by atoms with Crippen LogP contribution in [0.4, 0.5) is 5.69 Å². The van der Waals surface area contributed by atoms with E-state index in [1.165, 1.54) is 10.5 Å². The number of carbonyl (C=O) groups excluding carboxylic acids is 2. The second-order valence-corrected chi connectivity index (χ2v) is 10.7. The standard InChI is InChI=1S/C23H26ClN3O2S/c1-23(2,3)13-4-9-16-17(12-13)30-22-20(16)21(29)26-18(27-22)10-11-19(28)25-15-7-5-14(24)6-8-15/h5-8,13,20H,4,9-12H2,1-3H3,(H,25,28). The van der Waals surface area contributed by atoms with Gasteiger partial charge in [-0.1, -0.05) is 44.1 Å². The Bertz CT molecular complexity index is 973. The summed E-state index contributed by atoms with van der Waals surface area (Å²) in [7, 11) is 0. The van der Waals surface area contributed by atoms with Crippen LogP contribution in [0.5, 0.6) is 0 Å². The number of carbonyl (C=O) groups is 2. The molecule has 2 heterocycles. The van der Waals surface area contributed by atoms with Crippen LogP contribution in [0, 0.1) is 17.3 Å². The first-order valence-corrected chi connectivity index (χ1v) is 11.6. The van der Waals surface area contributed by atoms with Gasteiger partial charge in [0.25, 0.3) is 5.91 Å². The van der Waals surface area contributed by atoms with E-state index >= 15 is 0 Å². The van der Waals surface area contributed by atoms with Crippen molar-refractivity contribution in [1.29, 1.82) is 0 Å². The van der Waals surface area contributed by atoms with Crippen LogP contribution in [0.2, 0.25) is 5.02 Å². The molecular formula is C23H26ClN3O2S. The number of allylic oxidation sites excluding steroid dienone is 1. The van der Waals surface area contributed by atoms with Crippen LogP contribution < -0.4 is 5.32 Å². The Kier molecular flexibility index (Phi) is 5.90. The summed E-state index contributed by atoms with van der Waals surface area (Å²) in [6.07, 6.45) is 3.65. The van der Waals surface area contributed by atoms with Gasteiger partial charge in [-0.2, -0.15) is 4.99 Å². The molecule has 0 saturated heterocycles. The second kappa shape index (κ2) is 8.31. The fourth-order valence-electron chi connectivity index (χ4n) is 4.19. The van der Waals surface area contributed by atoms with Gasteiger partial charge in [-0.3, -0.25) is 9.59 Å². The number of anilines is 1. The highest BCUT2D eigenvalue weighted by Crippen LogP contribution is 2.52. The highest BCUT2D eigenvalue weighted by molar-refractivity contribution is 8.17. The molecule has 0 bridgehead atoms. The fraction of sp³-hybridized carbons (Fsp3) is 0.478. The highest BCUT2D eigenvalue weighted by atomic mass is 35.5. The van der Waals surface area contributed by atoms with Crippen LogP contribution in [-0.4, -0.2) is 22.7 Å². The van der Waals surface area contributed by atoms with Gasteiger partial charge in [0, 0.05) is 23.6 Å². The lowest BCUT2D eigenvalue weighted by atomic mass is 9.71. The smallest absolute Gasteiger partial charge is 0.261 e. The molecule has 2 unspecified atom stereocenters. The molecule has 2 aliphatic heterocycles. The van der Waals surface area contributed by atoms with Gasteiger partial charge in [-0.25, -0.2) is 4.99 Å². The summed E-state index contributed by atoms with van der Waals surface area (Å²) in [5.41, 5.74) is 2.18.